The van der Waals surface area contributed by atoms with Gasteiger partial charge in [0.15, 0.2) is 5.78 Å². The number of hydrogen-bond acceptors (Lipinski definition) is 1. The lowest BCUT2D eigenvalue weighted by atomic mass is 9.74. The van der Waals surface area contributed by atoms with Crippen molar-refractivity contribution in [1.82, 2.24) is 0 Å². The zero-order chi connectivity index (χ0) is 12.4. The third-order valence-corrected chi connectivity index (χ3v) is 4.05. The maximum atomic E-state index is 12.6. The topological polar surface area (TPSA) is 17.1 Å². The Balaban J connectivity index is 1.88. The zero-order valence-electron chi connectivity index (χ0n) is 10.6. The molecule has 0 radical (unpaired) electrons. The van der Waals surface area contributed by atoms with Crippen molar-refractivity contribution in [2.75, 3.05) is 0 Å². The first-order valence-corrected chi connectivity index (χ1v) is 6.85. The van der Waals surface area contributed by atoms with Gasteiger partial charge in [-0.3, -0.25) is 4.79 Å². The summed E-state index contributed by atoms with van der Waals surface area (Å²) in [4.78, 5) is 12.6. The van der Waals surface area contributed by atoms with Crippen molar-refractivity contribution in [3.05, 3.63) is 59.2 Å². The van der Waals surface area contributed by atoms with Gasteiger partial charge in [0.05, 0.1) is 0 Å². The Morgan fingerprint density at radius 3 is 2.72 bits per heavy atom. The first kappa shape index (κ1) is 11.5. The summed E-state index contributed by atoms with van der Waals surface area (Å²) < 4.78 is 0. The first-order chi connectivity index (χ1) is 8.86. The van der Waals surface area contributed by atoms with E-state index in [4.69, 9.17) is 0 Å². The predicted molar refractivity (Wildman–Crippen MR) is 73.5 cm³/mol. The fourth-order valence-electron chi connectivity index (χ4n) is 3.12. The highest BCUT2D eigenvalue weighted by Gasteiger charge is 2.28. The molecule has 0 N–H and O–H groups in total. The molecular weight excluding hydrogens is 220 g/mol. The van der Waals surface area contributed by atoms with Crippen LogP contribution >= 0.6 is 0 Å². The Hall–Kier alpha value is -1.63. The third-order valence-electron chi connectivity index (χ3n) is 4.05. The smallest absolute Gasteiger partial charge is 0.189 e. The second-order valence-electron chi connectivity index (χ2n) is 5.17. The van der Waals surface area contributed by atoms with Crippen LogP contribution < -0.4 is 0 Å². The first-order valence-electron chi connectivity index (χ1n) is 6.85. The van der Waals surface area contributed by atoms with E-state index < -0.39 is 0 Å². The number of benzene rings is 1. The molecule has 2 aliphatic carbocycles. The van der Waals surface area contributed by atoms with Gasteiger partial charge in [0.1, 0.15) is 0 Å². The van der Waals surface area contributed by atoms with Gasteiger partial charge in [0.25, 0.3) is 0 Å². The predicted octanol–water partition coefficient (Wildman–Crippen LogP) is 4.32. The van der Waals surface area contributed by atoms with Crippen LogP contribution in [0, 0.1) is 5.92 Å². The molecular formula is C17H18O. The lowest BCUT2D eigenvalue weighted by Crippen LogP contribution is -2.20. The van der Waals surface area contributed by atoms with E-state index in [9.17, 15) is 4.79 Å². The zero-order valence-corrected chi connectivity index (χ0v) is 10.6. The monoisotopic (exact) mass is 238 g/mol. The highest BCUT2D eigenvalue weighted by atomic mass is 16.1. The van der Waals surface area contributed by atoms with Crippen LogP contribution in [0.25, 0.3) is 0 Å². The van der Waals surface area contributed by atoms with Gasteiger partial charge in [-0.25, -0.2) is 0 Å². The van der Waals surface area contributed by atoms with Crippen LogP contribution in [0.2, 0.25) is 0 Å². The minimum atomic E-state index is 0.230. The van der Waals surface area contributed by atoms with Crippen LogP contribution in [0.1, 0.15) is 42.5 Å². The summed E-state index contributed by atoms with van der Waals surface area (Å²) in [6, 6.07) is 9.68. The SMILES string of the molecule is O=C(C1=CCC=C2CCCC[C@@H]21)c1ccccc1. The molecule has 92 valence electrons. The summed E-state index contributed by atoms with van der Waals surface area (Å²) in [5, 5.41) is 0. The van der Waals surface area contributed by atoms with Crippen molar-refractivity contribution in [2.45, 2.75) is 32.1 Å². The largest absolute Gasteiger partial charge is 0.289 e. The molecule has 18 heavy (non-hydrogen) atoms. The van der Waals surface area contributed by atoms with Crippen molar-refractivity contribution in [3.63, 3.8) is 0 Å². The molecule has 0 bridgehead atoms. The van der Waals surface area contributed by atoms with Gasteiger partial charge in [-0.15, -0.1) is 0 Å². The van der Waals surface area contributed by atoms with Gasteiger partial charge in [0, 0.05) is 17.1 Å². The molecule has 0 saturated heterocycles. The molecule has 1 aromatic rings. The molecule has 3 rings (SSSR count). The average Bonchev–Trinajstić information content (AvgIpc) is 2.47. The maximum Gasteiger partial charge on any atom is 0.189 e. The summed E-state index contributed by atoms with van der Waals surface area (Å²) in [6.07, 6.45) is 10.3. The number of fused-ring (bicyclic) bond motifs is 1. The van der Waals surface area contributed by atoms with E-state index in [-0.39, 0.29) is 5.78 Å². The van der Waals surface area contributed by atoms with Crippen molar-refractivity contribution in [2.24, 2.45) is 5.92 Å². The van der Waals surface area contributed by atoms with Crippen LogP contribution in [0.15, 0.2) is 53.6 Å². The molecule has 1 aromatic carbocycles. The van der Waals surface area contributed by atoms with Crippen LogP contribution in [0.4, 0.5) is 0 Å². The van der Waals surface area contributed by atoms with Gasteiger partial charge in [0.2, 0.25) is 0 Å². The third kappa shape index (κ3) is 2.05. The van der Waals surface area contributed by atoms with E-state index in [0.717, 1.165) is 24.0 Å². The molecule has 1 fully saturated rings. The minimum absolute atomic E-state index is 0.230. The summed E-state index contributed by atoms with van der Waals surface area (Å²) in [5.74, 6) is 0.633. The van der Waals surface area contributed by atoms with E-state index in [0.29, 0.717) is 5.92 Å². The fraction of sp³-hybridized carbons (Fsp3) is 0.353. The standard InChI is InChI=1S/C17H18O/c18-17(14-8-2-1-3-9-14)16-12-6-10-13-7-4-5-11-15(13)16/h1-3,8-10,12,15H,4-7,11H2/t15-/m0/s1. The van der Waals surface area contributed by atoms with Crippen molar-refractivity contribution in [3.8, 4) is 0 Å². The van der Waals surface area contributed by atoms with Gasteiger partial charge in [-0.2, -0.15) is 0 Å². The van der Waals surface area contributed by atoms with Crippen LogP contribution in [0.3, 0.4) is 0 Å². The van der Waals surface area contributed by atoms with Crippen LogP contribution in [0.5, 0.6) is 0 Å². The molecule has 0 spiro atoms. The van der Waals surface area contributed by atoms with E-state index in [2.05, 4.69) is 12.2 Å². The lowest BCUT2D eigenvalue weighted by molar-refractivity contribution is 0.102. The summed E-state index contributed by atoms with van der Waals surface area (Å²) >= 11 is 0. The number of rotatable bonds is 2. The number of allylic oxidation sites excluding steroid dienone is 4. The van der Waals surface area contributed by atoms with Gasteiger partial charge < -0.3 is 0 Å². The highest BCUT2D eigenvalue weighted by Crippen LogP contribution is 2.38. The van der Waals surface area contributed by atoms with Crippen LogP contribution in [-0.4, -0.2) is 5.78 Å². The van der Waals surface area contributed by atoms with E-state index >= 15 is 0 Å². The molecule has 0 amide bonds. The number of ketones is 1. The van der Waals surface area contributed by atoms with Crippen LogP contribution in [-0.2, 0) is 0 Å². The maximum absolute atomic E-state index is 12.6. The molecule has 1 saturated carbocycles. The van der Waals surface area contributed by atoms with Gasteiger partial charge in [-0.05, 0) is 25.7 Å². The Labute approximate surface area is 108 Å². The van der Waals surface area contributed by atoms with Crippen molar-refractivity contribution in [1.29, 1.82) is 0 Å². The second kappa shape index (κ2) is 4.93. The normalized spacial score (nSPS) is 22.8. The quantitative estimate of drug-likeness (QED) is 0.554. The Bertz CT molecular complexity index is 508. The minimum Gasteiger partial charge on any atom is -0.289 e. The second-order valence-corrected chi connectivity index (χ2v) is 5.17. The average molecular weight is 238 g/mol. The van der Waals surface area contributed by atoms with Crippen molar-refractivity contribution >= 4 is 5.78 Å². The van der Waals surface area contributed by atoms with E-state index in [1.807, 2.05) is 30.3 Å². The molecule has 0 unspecified atom stereocenters. The fourth-order valence-corrected chi connectivity index (χ4v) is 3.12. The molecule has 2 aliphatic rings. The molecule has 1 atom stereocenters. The van der Waals surface area contributed by atoms with Gasteiger partial charge >= 0.3 is 0 Å². The number of Topliss-reactive ketones (excluding diaryl/α,β-unsaturated/α-hetero) is 1. The summed E-state index contributed by atoms with van der Waals surface area (Å²) in [7, 11) is 0. The summed E-state index contributed by atoms with van der Waals surface area (Å²) in [5.41, 5.74) is 3.37. The highest BCUT2D eigenvalue weighted by molar-refractivity contribution is 6.09. The summed E-state index contributed by atoms with van der Waals surface area (Å²) in [6.45, 7) is 0. The van der Waals surface area contributed by atoms with Gasteiger partial charge in [-0.1, -0.05) is 54.5 Å². The number of hydrogen-bond donors (Lipinski definition) is 0. The van der Waals surface area contributed by atoms with E-state index in [1.54, 1.807) is 0 Å². The van der Waals surface area contributed by atoms with Crippen molar-refractivity contribution < 1.29 is 4.79 Å². The molecule has 1 nitrogen and oxygen atoms in total. The Kier molecular flexibility index (Phi) is 3.14. The molecule has 1 heteroatoms. The number of carbonyl (C=O) groups is 1. The molecule has 0 heterocycles. The lowest BCUT2D eigenvalue weighted by Gasteiger charge is -2.29. The van der Waals surface area contributed by atoms with E-state index in [1.165, 1.54) is 24.8 Å². The molecule has 0 aliphatic heterocycles. The Morgan fingerprint density at radius 1 is 1.06 bits per heavy atom. The molecule has 0 aromatic heterocycles. The Morgan fingerprint density at radius 2 is 1.89 bits per heavy atom. The number of carbonyl (C=O) groups excluding carboxylic acids is 1.